The van der Waals surface area contributed by atoms with Crippen LogP contribution in [0.3, 0.4) is 0 Å². The van der Waals surface area contributed by atoms with Crippen LogP contribution in [0.2, 0.25) is 0 Å². The van der Waals surface area contributed by atoms with Gasteiger partial charge in [-0.1, -0.05) is 37.3 Å². The minimum Gasteiger partial charge on any atom is -0.450 e. The molecule has 1 amide bonds. The molecule has 2 atom stereocenters. The van der Waals surface area contributed by atoms with Gasteiger partial charge in [-0.2, -0.15) is 0 Å². The highest BCUT2D eigenvalue weighted by Crippen LogP contribution is 2.20. The standard InChI is InChI=1S/C19H30N2O4/c1-3-18(16-8-6-5-7-9-16)25-15-17(22)14-20-10-12-21(13-11-20)19(23)24-4-2/h5-9,17-18,22H,3-4,10-15H2,1-2H3/p+1/t17-,18-/m0/s1. The zero-order valence-electron chi connectivity index (χ0n) is 15.3. The first-order chi connectivity index (χ1) is 12.1. The lowest BCUT2D eigenvalue weighted by molar-refractivity contribution is -0.907. The number of hydrogen-bond donors (Lipinski definition) is 2. The lowest BCUT2D eigenvalue weighted by Crippen LogP contribution is -3.15. The van der Waals surface area contributed by atoms with E-state index in [0.717, 1.165) is 25.1 Å². The van der Waals surface area contributed by atoms with Gasteiger partial charge in [0.25, 0.3) is 0 Å². The summed E-state index contributed by atoms with van der Waals surface area (Å²) in [6, 6.07) is 10.1. The minimum atomic E-state index is -0.498. The Morgan fingerprint density at radius 2 is 1.92 bits per heavy atom. The third kappa shape index (κ3) is 6.30. The predicted octanol–water partition coefficient (Wildman–Crippen LogP) is 0.872. The topological polar surface area (TPSA) is 63.4 Å². The molecule has 0 radical (unpaired) electrons. The summed E-state index contributed by atoms with van der Waals surface area (Å²) in [5.74, 6) is 0. The van der Waals surface area contributed by atoms with Gasteiger partial charge in [0.15, 0.2) is 0 Å². The van der Waals surface area contributed by atoms with Crippen LogP contribution < -0.4 is 4.90 Å². The molecule has 1 saturated heterocycles. The molecule has 0 aromatic heterocycles. The van der Waals surface area contributed by atoms with Gasteiger partial charge >= 0.3 is 6.09 Å². The number of amides is 1. The molecule has 1 aromatic rings. The largest absolute Gasteiger partial charge is 0.450 e. The molecule has 1 heterocycles. The van der Waals surface area contributed by atoms with Gasteiger partial charge in [0.1, 0.15) is 12.6 Å². The highest BCUT2D eigenvalue weighted by Gasteiger charge is 2.26. The van der Waals surface area contributed by atoms with E-state index < -0.39 is 6.10 Å². The van der Waals surface area contributed by atoms with Crippen LogP contribution >= 0.6 is 0 Å². The summed E-state index contributed by atoms with van der Waals surface area (Å²) in [6.07, 6.45) is 0.162. The van der Waals surface area contributed by atoms with E-state index in [1.54, 1.807) is 4.90 Å². The molecule has 2 rings (SSSR count). The molecule has 0 bridgehead atoms. The normalized spacial score (nSPS) is 18.0. The van der Waals surface area contributed by atoms with Gasteiger partial charge in [0, 0.05) is 0 Å². The van der Waals surface area contributed by atoms with Crippen LogP contribution in [0.25, 0.3) is 0 Å². The quantitative estimate of drug-likeness (QED) is 0.730. The molecule has 1 fully saturated rings. The van der Waals surface area contributed by atoms with Crippen molar-refractivity contribution in [2.75, 3.05) is 45.9 Å². The van der Waals surface area contributed by atoms with E-state index in [9.17, 15) is 9.90 Å². The molecule has 2 N–H and O–H groups in total. The third-order valence-corrected chi connectivity index (χ3v) is 4.55. The van der Waals surface area contributed by atoms with E-state index in [1.807, 2.05) is 25.1 Å². The molecule has 1 aliphatic heterocycles. The molecule has 0 unspecified atom stereocenters. The fraction of sp³-hybridized carbons (Fsp3) is 0.632. The van der Waals surface area contributed by atoms with Gasteiger partial charge in [-0.15, -0.1) is 0 Å². The molecular formula is C19H31N2O4+. The van der Waals surface area contributed by atoms with Crippen molar-refractivity contribution in [3.63, 3.8) is 0 Å². The number of hydrogen-bond acceptors (Lipinski definition) is 4. The first-order valence-electron chi connectivity index (χ1n) is 9.23. The fourth-order valence-corrected chi connectivity index (χ4v) is 3.16. The minimum absolute atomic E-state index is 0.0199. The molecule has 0 saturated carbocycles. The van der Waals surface area contributed by atoms with E-state index in [-0.39, 0.29) is 12.2 Å². The van der Waals surface area contributed by atoms with Crippen LogP contribution in [-0.2, 0) is 9.47 Å². The molecule has 6 nitrogen and oxygen atoms in total. The zero-order valence-corrected chi connectivity index (χ0v) is 15.3. The van der Waals surface area contributed by atoms with Crippen LogP contribution in [0.5, 0.6) is 0 Å². The van der Waals surface area contributed by atoms with Gasteiger partial charge < -0.3 is 19.5 Å². The number of benzene rings is 1. The maximum Gasteiger partial charge on any atom is 0.410 e. The zero-order chi connectivity index (χ0) is 18.1. The van der Waals surface area contributed by atoms with E-state index in [4.69, 9.17) is 9.47 Å². The fourth-order valence-electron chi connectivity index (χ4n) is 3.16. The third-order valence-electron chi connectivity index (χ3n) is 4.55. The van der Waals surface area contributed by atoms with Gasteiger partial charge in [-0.25, -0.2) is 4.79 Å². The summed E-state index contributed by atoms with van der Waals surface area (Å²) in [4.78, 5) is 14.7. The second-order valence-electron chi connectivity index (χ2n) is 6.43. The Kier molecular flexibility index (Phi) is 8.18. The number of aliphatic hydroxyl groups is 1. The number of nitrogens with one attached hydrogen (secondary N) is 1. The number of aliphatic hydroxyl groups excluding tert-OH is 1. The first kappa shape index (κ1) is 19.7. The summed E-state index contributed by atoms with van der Waals surface area (Å²) in [5, 5.41) is 10.3. The summed E-state index contributed by atoms with van der Waals surface area (Å²) in [5.41, 5.74) is 1.15. The van der Waals surface area contributed by atoms with Crippen molar-refractivity contribution in [3.8, 4) is 0 Å². The van der Waals surface area contributed by atoms with E-state index >= 15 is 0 Å². The number of piperazine rings is 1. The molecular weight excluding hydrogens is 320 g/mol. The highest BCUT2D eigenvalue weighted by atomic mass is 16.6. The van der Waals surface area contributed by atoms with Crippen molar-refractivity contribution in [3.05, 3.63) is 35.9 Å². The monoisotopic (exact) mass is 351 g/mol. The van der Waals surface area contributed by atoms with Crippen LogP contribution in [0.15, 0.2) is 30.3 Å². The maximum atomic E-state index is 11.7. The first-order valence-corrected chi connectivity index (χ1v) is 9.23. The Morgan fingerprint density at radius 3 is 2.52 bits per heavy atom. The Bertz CT molecular complexity index is 503. The van der Waals surface area contributed by atoms with Crippen LogP contribution in [0.1, 0.15) is 31.9 Å². The Labute approximate surface area is 150 Å². The molecule has 1 aliphatic rings. The average Bonchev–Trinajstić information content (AvgIpc) is 2.64. The van der Waals surface area contributed by atoms with Crippen LogP contribution in [-0.4, -0.2) is 68.1 Å². The lowest BCUT2D eigenvalue weighted by atomic mass is 10.1. The van der Waals surface area contributed by atoms with Crippen molar-refractivity contribution >= 4 is 6.09 Å². The number of carbonyl (C=O) groups excluding carboxylic acids is 1. The second kappa shape index (κ2) is 10.4. The highest BCUT2D eigenvalue weighted by molar-refractivity contribution is 5.67. The van der Waals surface area contributed by atoms with Crippen molar-refractivity contribution < 1.29 is 24.3 Å². The SMILES string of the molecule is CCOC(=O)N1CC[NH+](C[C@H](O)CO[C@@H](CC)c2ccccc2)CC1. The van der Waals surface area contributed by atoms with Crippen molar-refractivity contribution in [2.24, 2.45) is 0 Å². The van der Waals surface area contributed by atoms with E-state index in [2.05, 4.69) is 19.1 Å². The molecule has 6 heteroatoms. The lowest BCUT2D eigenvalue weighted by Gasteiger charge is -2.32. The second-order valence-corrected chi connectivity index (χ2v) is 6.43. The number of nitrogens with zero attached hydrogens (tertiary/aromatic N) is 1. The van der Waals surface area contributed by atoms with Crippen molar-refractivity contribution in [2.45, 2.75) is 32.5 Å². The van der Waals surface area contributed by atoms with Crippen LogP contribution in [0.4, 0.5) is 4.79 Å². The number of rotatable bonds is 8. The smallest absolute Gasteiger partial charge is 0.410 e. The number of ether oxygens (including phenoxy) is 2. The Balaban J connectivity index is 1.70. The van der Waals surface area contributed by atoms with Gasteiger partial charge in [0.05, 0.1) is 45.5 Å². The van der Waals surface area contributed by atoms with E-state index in [1.165, 1.54) is 4.90 Å². The number of quaternary nitrogens is 1. The molecule has 0 spiro atoms. The van der Waals surface area contributed by atoms with Gasteiger partial charge in [0.2, 0.25) is 0 Å². The summed E-state index contributed by atoms with van der Waals surface area (Å²) >= 11 is 0. The summed E-state index contributed by atoms with van der Waals surface area (Å²) < 4.78 is 10.9. The van der Waals surface area contributed by atoms with Crippen molar-refractivity contribution in [1.82, 2.24) is 4.90 Å². The Morgan fingerprint density at radius 1 is 1.24 bits per heavy atom. The molecule has 1 aromatic carbocycles. The van der Waals surface area contributed by atoms with Crippen molar-refractivity contribution in [1.29, 1.82) is 0 Å². The average molecular weight is 351 g/mol. The molecule has 25 heavy (non-hydrogen) atoms. The molecule has 140 valence electrons. The molecule has 0 aliphatic carbocycles. The Hall–Kier alpha value is -1.63. The summed E-state index contributed by atoms with van der Waals surface area (Å²) in [6.45, 7) is 8.27. The predicted molar refractivity (Wildman–Crippen MR) is 95.6 cm³/mol. The maximum absolute atomic E-state index is 11.7. The van der Waals surface area contributed by atoms with Crippen LogP contribution in [0, 0.1) is 0 Å². The van der Waals surface area contributed by atoms with Gasteiger partial charge in [-0.05, 0) is 18.9 Å². The van der Waals surface area contributed by atoms with Gasteiger partial charge in [-0.3, -0.25) is 4.90 Å². The summed E-state index contributed by atoms with van der Waals surface area (Å²) in [7, 11) is 0. The number of carbonyl (C=O) groups is 1. The van der Waals surface area contributed by atoms with E-state index in [0.29, 0.717) is 32.8 Å².